The molecule has 0 atom stereocenters. The first-order valence-electron chi connectivity index (χ1n) is 6.93. The van der Waals surface area contributed by atoms with Crippen LogP contribution >= 0.6 is 0 Å². The molecule has 6 heteroatoms. The SMILES string of the molecule is CCC1(CNS(=O)(=O)c2cc(N)cc(F)c2)CCCC1. The molecule has 0 aliphatic heterocycles. The lowest BCUT2D eigenvalue weighted by molar-refractivity contribution is 0.285. The van der Waals surface area contributed by atoms with Crippen molar-refractivity contribution in [2.75, 3.05) is 12.3 Å². The topological polar surface area (TPSA) is 72.2 Å². The Morgan fingerprint density at radius 1 is 1.30 bits per heavy atom. The molecule has 0 bridgehead atoms. The normalized spacial score (nSPS) is 18.3. The average Bonchev–Trinajstić information content (AvgIpc) is 2.85. The highest BCUT2D eigenvalue weighted by atomic mass is 32.2. The van der Waals surface area contributed by atoms with Crippen LogP contribution in [-0.4, -0.2) is 15.0 Å². The molecule has 1 aliphatic rings. The fraction of sp³-hybridized carbons (Fsp3) is 0.571. The van der Waals surface area contributed by atoms with Gasteiger partial charge in [-0.1, -0.05) is 19.8 Å². The summed E-state index contributed by atoms with van der Waals surface area (Å²) in [5, 5.41) is 0. The number of hydrogen-bond donors (Lipinski definition) is 2. The van der Waals surface area contributed by atoms with E-state index in [1.807, 2.05) is 0 Å². The van der Waals surface area contributed by atoms with Crippen molar-refractivity contribution in [2.45, 2.75) is 43.9 Å². The van der Waals surface area contributed by atoms with Crippen LogP contribution in [0.15, 0.2) is 23.1 Å². The highest BCUT2D eigenvalue weighted by Gasteiger charge is 2.33. The number of anilines is 1. The van der Waals surface area contributed by atoms with Crippen LogP contribution in [0, 0.1) is 11.2 Å². The quantitative estimate of drug-likeness (QED) is 0.821. The van der Waals surface area contributed by atoms with Crippen molar-refractivity contribution in [3.63, 3.8) is 0 Å². The zero-order valence-electron chi connectivity index (χ0n) is 11.7. The van der Waals surface area contributed by atoms with Crippen LogP contribution in [0.5, 0.6) is 0 Å². The maximum atomic E-state index is 13.3. The summed E-state index contributed by atoms with van der Waals surface area (Å²) in [6.45, 7) is 2.49. The van der Waals surface area contributed by atoms with Crippen LogP contribution in [-0.2, 0) is 10.0 Å². The minimum atomic E-state index is -3.71. The van der Waals surface area contributed by atoms with Gasteiger partial charge in [-0.25, -0.2) is 17.5 Å². The van der Waals surface area contributed by atoms with Gasteiger partial charge in [0.2, 0.25) is 10.0 Å². The lowest BCUT2D eigenvalue weighted by Gasteiger charge is -2.27. The van der Waals surface area contributed by atoms with Crippen LogP contribution in [0.4, 0.5) is 10.1 Å². The number of hydrogen-bond acceptors (Lipinski definition) is 3. The van der Waals surface area contributed by atoms with Crippen LogP contribution in [0.3, 0.4) is 0 Å². The van der Waals surface area contributed by atoms with Gasteiger partial charge in [-0.05, 0) is 42.9 Å². The molecule has 1 aromatic carbocycles. The molecule has 0 unspecified atom stereocenters. The minimum Gasteiger partial charge on any atom is -0.399 e. The number of rotatable bonds is 5. The molecule has 1 aromatic rings. The molecule has 0 radical (unpaired) electrons. The van der Waals surface area contributed by atoms with Gasteiger partial charge in [0.25, 0.3) is 0 Å². The number of nitrogen functional groups attached to an aromatic ring is 1. The summed E-state index contributed by atoms with van der Waals surface area (Å²) in [4.78, 5) is -0.112. The largest absolute Gasteiger partial charge is 0.399 e. The molecule has 0 heterocycles. The average molecular weight is 300 g/mol. The molecule has 1 fully saturated rings. The van der Waals surface area contributed by atoms with E-state index in [0.717, 1.165) is 44.2 Å². The zero-order chi connectivity index (χ0) is 14.8. The van der Waals surface area contributed by atoms with Crippen LogP contribution < -0.4 is 10.5 Å². The first-order chi connectivity index (χ1) is 9.37. The van der Waals surface area contributed by atoms with E-state index < -0.39 is 15.8 Å². The van der Waals surface area contributed by atoms with E-state index >= 15 is 0 Å². The van der Waals surface area contributed by atoms with E-state index in [9.17, 15) is 12.8 Å². The highest BCUT2D eigenvalue weighted by Crippen LogP contribution is 2.40. The molecule has 0 amide bonds. The predicted octanol–water partition coefficient (Wildman–Crippen LogP) is 2.66. The van der Waals surface area contributed by atoms with Gasteiger partial charge in [0.05, 0.1) is 4.90 Å². The summed E-state index contributed by atoms with van der Waals surface area (Å²) in [5.41, 5.74) is 5.65. The molecule has 0 saturated heterocycles. The van der Waals surface area contributed by atoms with Crippen molar-refractivity contribution in [3.05, 3.63) is 24.0 Å². The van der Waals surface area contributed by atoms with E-state index in [1.165, 1.54) is 6.07 Å². The Labute approximate surface area is 119 Å². The third-order valence-corrected chi connectivity index (χ3v) is 5.64. The third kappa shape index (κ3) is 3.30. The zero-order valence-corrected chi connectivity index (χ0v) is 12.5. The molecule has 112 valence electrons. The van der Waals surface area contributed by atoms with Crippen LogP contribution in [0.2, 0.25) is 0 Å². The second-order valence-electron chi connectivity index (χ2n) is 5.61. The minimum absolute atomic E-state index is 0.0476. The van der Waals surface area contributed by atoms with Crippen molar-refractivity contribution < 1.29 is 12.8 Å². The van der Waals surface area contributed by atoms with Gasteiger partial charge >= 0.3 is 0 Å². The van der Waals surface area contributed by atoms with Crippen molar-refractivity contribution in [1.82, 2.24) is 4.72 Å². The van der Waals surface area contributed by atoms with Gasteiger partial charge in [-0.3, -0.25) is 0 Å². The van der Waals surface area contributed by atoms with Crippen molar-refractivity contribution in [3.8, 4) is 0 Å². The molecule has 0 aromatic heterocycles. The van der Waals surface area contributed by atoms with Gasteiger partial charge < -0.3 is 5.73 Å². The van der Waals surface area contributed by atoms with E-state index in [1.54, 1.807) is 0 Å². The molecule has 4 nitrogen and oxygen atoms in total. The fourth-order valence-corrected chi connectivity index (χ4v) is 4.07. The summed E-state index contributed by atoms with van der Waals surface area (Å²) in [6, 6.07) is 3.37. The maximum Gasteiger partial charge on any atom is 0.240 e. The molecule has 1 saturated carbocycles. The second-order valence-corrected chi connectivity index (χ2v) is 7.37. The maximum absolute atomic E-state index is 13.3. The van der Waals surface area contributed by atoms with E-state index in [4.69, 9.17) is 5.73 Å². The Balaban J connectivity index is 2.15. The first-order valence-corrected chi connectivity index (χ1v) is 8.41. The molecular formula is C14H21FN2O2S. The molecular weight excluding hydrogens is 279 g/mol. The lowest BCUT2D eigenvalue weighted by Crippen LogP contribution is -2.35. The number of nitrogens with two attached hydrogens (primary N) is 1. The predicted molar refractivity (Wildman–Crippen MR) is 77.2 cm³/mol. The summed E-state index contributed by atoms with van der Waals surface area (Å²) in [6.07, 6.45) is 5.31. The smallest absolute Gasteiger partial charge is 0.240 e. The van der Waals surface area contributed by atoms with Crippen LogP contribution in [0.25, 0.3) is 0 Å². The van der Waals surface area contributed by atoms with Crippen LogP contribution in [0.1, 0.15) is 39.0 Å². The van der Waals surface area contributed by atoms with Gasteiger partial charge in [-0.15, -0.1) is 0 Å². The number of halogens is 1. The van der Waals surface area contributed by atoms with Gasteiger partial charge in [-0.2, -0.15) is 0 Å². The molecule has 20 heavy (non-hydrogen) atoms. The Hall–Kier alpha value is -1.14. The Bertz CT molecular complexity index is 561. The number of sulfonamides is 1. The lowest BCUT2D eigenvalue weighted by atomic mass is 9.84. The fourth-order valence-electron chi connectivity index (χ4n) is 2.85. The van der Waals surface area contributed by atoms with E-state index in [-0.39, 0.29) is 16.0 Å². The standard InChI is InChI=1S/C14H21FN2O2S/c1-2-14(5-3-4-6-14)10-17-20(18,19)13-8-11(15)7-12(16)9-13/h7-9,17H,2-6,10,16H2,1H3. The van der Waals surface area contributed by atoms with Crippen molar-refractivity contribution in [2.24, 2.45) is 5.41 Å². The summed E-state index contributed by atoms with van der Waals surface area (Å²) >= 11 is 0. The summed E-state index contributed by atoms with van der Waals surface area (Å²) < 4.78 is 40.3. The first kappa shape index (κ1) is 15.3. The second kappa shape index (κ2) is 5.69. The third-order valence-electron chi connectivity index (χ3n) is 4.26. The van der Waals surface area contributed by atoms with E-state index in [0.29, 0.717) is 6.54 Å². The van der Waals surface area contributed by atoms with Gasteiger partial charge in [0.1, 0.15) is 5.82 Å². The molecule has 3 N–H and O–H groups in total. The summed E-state index contributed by atoms with van der Waals surface area (Å²) in [7, 11) is -3.71. The number of benzene rings is 1. The summed E-state index contributed by atoms with van der Waals surface area (Å²) in [5.74, 6) is -0.642. The Morgan fingerprint density at radius 3 is 2.50 bits per heavy atom. The molecule has 2 rings (SSSR count). The van der Waals surface area contributed by atoms with Gasteiger partial charge in [0.15, 0.2) is 0 Å². The Morgan fingerprint density at radius 2 is 1.95 bits per heavy atom. The van der Waals surface area contributed by atoms with Crippen molar-refractivity contribution in [1.29, 1.82) is 0 Å². The Kier molecular flexibility index (Phi) is 4.34. The molecule has 1 aliphatic carbocycles. The van der Waals surface area contributed by atoms with Crippen molar-refractivity contribution >= 4 is 15.7 Å². The highest BCUT2D eigenvalue weighted by molar-refractivity contribution is 7.89. The van der Waals surface area contributed by atoms with E-state index in [2.05, 4.69) is 11.6 Å². The monoisotopic (exact) mass is 300 g/mol. The number of nitrogens with one attached hydrogen (secondary N) is 1. The molecule has 0 spiro atoms. The van der Waals surface area contributed by atoms with Gasteiger partial charge in [0, 0.05) is 12.2 Å².